The zero-order chi connectivity index (χ0) is 21.2. The molecule has 9 nitrogen and oxygen atoms in total. The quantitative estimate of drug-likeness (QED) is 0.639. The number of rotatable bonds is 4. The number of anilines is 1. The van der Waals surface area contributed by atoms with Crippen LogP contribution in [0.15, 0.2) is 30.6 Å². The number of amides is 1. The van der Waals surface area contributed by atoms with Crippen LogP contribution < -0.4 is 9.64 Å². The SMILES string of the molecule is COc1ccc(-n2nnc3c(N4CCN(C(=O)C5CCCCC5)CC4)ncnc32)cc1. The van der Waals surface area contributed by atoms with Crippen LogP contribution in [-0.4, -0.2) is 69.1 Å². The summed E-state index contributed by atoms with van der Waals surface area (Å²) in [5.74, 6) is 2.10. The van der Waals surface area contributed by atoms with E-state index in [9.17, 15) is 4.79 Å². The van der Waals surface area contributed by atoms with Gasteiger partial charge in [0.15, 0.2) is 17.0 Å². The molecule has 3 heterocycles. The van der Waals surface area contributed by atoms with Crippen molar-refractivity contribution >= 4 is 22.9 Å². The summed E-state index contributed by atoms with van der Waals surface area (Å²) in [6.45, 7) is 2.90. The summed E-state index contributed by atoms with van der Waals surface area (Å²) in [6.07, 6.45) is 7.26. The van der Waals surface area contributed by atoms with E-state index in [1.165, 1.54) is 19.3 Å². The smallest absolute Gasteiger partial charge is 0.225 e. The number of ether oxygens (including phenoxy) is 1. The van der Waals surface area contributed by atoms with Gasteiger partial charge in [0.2, 0.25) is 5.91 Å². The zero-order valence-electron chi connectivity index (χ0n) is 17.8. The number of nitrogens with zero attached hydrogens (tertiary/aromatic N) is 7. The van der Waals surface area contributed by atoms with Crippen LogP contribution in [0.4, 0.5) is 5.82 Å². The van der Waals surface area contributed by atoms with Crippen molar-refractivity contribution in [1.29, 1.82) is 0 Å². The van der Waals surface area contributed by atoms with Crippen LogP contribution in [-0.2, 0) is 4.79 Å². The average Bonchev–Trinajstić information content (AvgIpc) is 3.29. The van der Waals surface area contributed by atoms with Crippen LogP contribution in [0.3, 0.4) is 0 Å². The number of carbonyl (C=O) groups is 1. The molecule has 2 aromatic heterocycles. The third-order valence-corrected chi connectivity index (χ3v) is 6.38. The van der Waals surface area contributed by atoms with Gasteiger partial charge in [-0.2, -0.15) is 4.68 Å². The molecule has 0 radical (unpaired) electrons. The number of fused-ring (bicyclic) bond motifs is 1. The Kier molecular flexibility index (Phi) is 5.40. The Bertz CT molecular complexity index is 1050. The van der Waals surface area contributed by atoms with Crippen LogP contribution in [0, 0.1) is 5.92 Å². The van der Waals surface area contributed by atoms with Gasteiger partial charge in [0.05, 0.1) is 12.8 Å². The van der Waals surface area contributed by atoms with Gasteiger partial charge in [0, 0.05) is 32.1 Å². The van der Waals surface area contributed by atoms with E-state index in [0.717, 1.165) is 43.2 Å². The highest BCUT2D eigenvalue weighted by atomic mass is 16.5. The third kappa shape index (κ3) is 3.80. The van der Waals surface area contributed by atoms with E-state index < -0.39 is 0 Å². The Morgan fingerprint density at radius 2 is 1.74 bits per heavy atom. The molecule has 1 amide bonds. The molecule has 1 aromatic carbocycles. The minimum atomic E-state index is 0.218. The predicted molar refractivity (Wildman–Crippen MR) is 116 cm³/mol. The van der Waals surface area contributed by atoms with Gasteiger partial charge in [-0.3, -0.25) is 4.79 Å². The Morgan fingerprint density at radius 3 is 2.45 bits per heavy atom. The molecule has 31 heavy (non-hydrogen) atoms. The van der Waals surface area contributed by atoms with E-state index in [-0.39, 0.29) is 5.92 Å². The molecule has 5 rings (SSSR count). The van der Waals surface area contributed by atoms with Gasteiger partial charge in [0.1, 0.15) is 12.1 Å². The minimum absolute atomic E-state index is 0.218. The monoisotopic (exact) mass is 421 g/mol. The summed E-state index contributed by atoms with van der Waals surface area (Å²) < 4.78 is 6.94. The summed E-state index contributed by atoms with van der Waals surface area (Å²) in [4.78, 5) is 26.0. The summed E-state index contributed by atoms with van der Waals surface area (Å²) in [7, 11) is 1.64. The molecule has 2 aliphatic rings. The van der Waals surface area contributed by atoms with Crippen LogP contribution >= 0.6 is 0 Å². The van der Waals surface area contributed by atoms with Crippen molar-refractivity contribution in [3.05, 3.63) is 30.6 Å². The van der Waals surface area contributed by atoms with E-state index in [4.69, 9.17) is 4.74 Å². The molecule has 0 unspecified atom stereocenters. The molecule has 0 N–H and O–H groups in total. The van der Waals surface area contributed by atoms with Crippen LogP contribution in [0.1, 0.15) is 32.1 Å². The Balaban J connectivity index is 1.33. The molecule has 1 aliphatic carbocycles. The number of methoxy groups -OCH3 is 1. The summed E-state index contributed by atoms with van der Waals surface area (Å²) in [5.41, 5.74) is 2.19. The molecule has 162 valence electrons. The first-order chi connectivity index (χ1) is 15.2. The van der Waals surface area contributed by atoms with Gasteiger partial charge in [-0.25, -0.2) is 9.97 Å². The first-order valence-corrected chi connectivity index (χ1v) is 11.0. The molecule has 1 aliphatic heterocycles. The topological polar surface area (TPSA) is 89.3 Å². The lowest BCUT2D eigenvalue weighted by Gasteiger charge is -2.37. The minimum Gasteiger partial charge on any atom is -0.497 e. The van der Waals surface area contributed by atoms with Crippen molar-refractivity contribution in [2.24, 2.45) is 5.92 Å². The third-order valence-electron chi connectivity index (χ3n) is 6.38. The normalized spacial score (nSPS) is 17.8. The fourth-order valence-electron chi connectivity index (χ4n) is 4.61. The molecule has 1 saturated heterocycles. The number of hydrogen-bond acceptors (Lipinski definition) is 7. The van der Waals surface area contributed by atoms with Gasteiger partial charge in [-0.15, -0.1) is 5.10 Å². The maximum absolute atomic E-state index is 12.9. The number of hydrogen-bond donors (Lipinski definition) is 0. The van der Waals surface area contributed by atoms with E-state index in [0.29, 0.717) is 30.2 Å². The number of piperazine rings is 1. The van der Waals surface area contributed by atoms with Gasteiger partial charge in [-0.1, -0.05) is 24.5 Å². The van der Waals surface area contributed by atoms with E-state index in [1.807, 2.05) is 29.2 Å². The molecule has 3 aromatic rings. The first kappa shape index (κ1) is 19.7. The molecular formula is C22H27N7O2. The van der Waals surface area contributed by atoms with Crippen molar-refractivity contribution in [2.75, 3.05) is 38.2 Å². The van der Waals surface area contributed by atoms with Gasteiger partial charge in [0.25, 0.3) is 0 Å². The average molecular weight is 422 g/mol. The van der Waals surface area contributed by atoms with Crippen molar-refractivity contribution in [3.63, 3.8) is 0 Å². The van der Waals surface area contributed by atoms with Crippen LogP contribution in [0.25, 0.3) is 16.9 Å². The second-order valence-corrected chi connectivity index (χ2v) is 8.22. The highest BCUT2D eigenvalue weighted by Crippen LogP contribution is 2.27. The Labute approximate surface area is 181 Å². The largest absolute Gasteiger partial charge is 0.497 e. The molecule has 0 bridgehead atoms. The highest BCUT2D eigenvalue weighted by Gasteiger charge is 2.29. The number of aromatic nitrogens is 5. The molecule has 0 spiro atoms. The number of benzene rings is 1. The second-order valence-electron chi connectivity index (χ2n) is 8.22. The fourth-order valence-corrected chi connectivity index (χ4v) is 4.61. The lowest BCUT2D eigenvalue weighted by atomic mass is 9.88. The first-order valence-electron chi connectivity index (χ1n) is 11.0. The zero-order valence-corrected chi connectivity index (χ0v) is 17.8. The van der Waals surface area contributed by atoms with Crippen molar-refractivity contribution < 1.29 is 9.53 Å². The standard InChI is InChI=1S/C22H27N7O2/c1-31-18-9-7-17(8-10-18)29-21-19(25-26-29)20(23-15-24-21)27-11-13-28(14-12-27)22(30)16-5-3-2-4-6-16/h7-10,15-16H,2-6,11-14H2,1H3. The van der Waals surface area contributed by atoms with Crippen molar-refractivity contribution in [1.82, 2.24) is 29.9 Å². The van der Waals surface area contributed by atoms with E-state index >= 15 is 0 Å². The molecule has 9 heteroatoms. The molecule has 0 atom stereocenters. The van der Waals surface area contributed by atoms with Crippen molar-refractivity contribution in [3.8, 4) is 11.4 Å². The number of carbonyl (C=O) groups excluding carboxylic acids is 1. The summed E-state index contributed by atoms with van der Waals surface area (Å²) in [6, 6.07) is 7.61. The Morgan fingerprint density at radius 1 is 1.00 bits per heavy atom. The molecular weight excluding hydrogens is 394 g/mol. The second kappa shape index (κ2) is 8.49. The summed E-state index contributed by atoms with van der Waals surface area (Å²) >= 11 is 0. The Hall–Kier alpha value is -3.23. The molecule has 1 saturated carbocycles. The van der Waals surface area contributed by atoms with Crippen LogP contribution in [0.2, 0.25) is 0 Å². The van der Waals surface area contributed by atoms with Gasteiger partial charge < -0.3 is 14.5 Å². The van der Waals surface area contributed by atoms with E-state index in [2.05, 4.69) is 25.2 Å². The van der Waals surface area contributed by atoms with Crippen LogP contribution in [0.5, 0.6) is 5.75 Å². The van der Waals surface area contributed by atoms with Gasteiger partial charge >= 0.3 is 0 Å². The molecule has 2 fully saturated rings. The highest BCUT2D eigenvalue weighted by molar-refractivity contribution is 5.84. The maximum atomic E-state index is 12.9. The van der Waals surface area contributed by atoms with E-state index in [1.54, 1.807) is 18.1 Å². The predicted octanol–water partition coefficient (Wildman–Crippen LogP) is 2.45. The van der Waals surface area contributed by atoms with Gasteiger partial charge in [-0.05, 0) is 37.1 Å². The lowest BCUT2D eigenvalue weighted by molar-refractivity contribution is -0.136. The summed E-state index contributed by atoms with van der Waals surface area (Å²) in [5, 5.41) is 8.69. The fraction of sp³-hybridized carbons (Fsp3) is 0.500. The maximum Gasteiger partial charge on any atom is 0.225 e. The van der Waals surface area contributed by atoms with Crippen molar-refractivity contribution in [2.45, 2.75) is 32.1 Å². The lowest BCUT2D eigenvalue weighted by Crippen LogP contribution is -2.50.